The second-order valence-electron chi connectivity index (χ2n) is 3.32. The molecule has 0 spiro atoms. The number of hydrogen-bond donors (Lipinski definition) is 2. The Hall–Kier alpha value is -1.43. The third kappa shape index (κ3) is 2.57. The van der Waals surface area contributed by atoms with Gasteiger partial charge in [-0.3, -0.25) is 4.79 Å². The Balaban J connectivity index is 3.22. The number of nitrogens with zero attached hydrogens (tertiary/aromatic N) is 2. The molecule has 1 aromatic rings. The van der Waals surface area contributed by atoms with Crippen molar-refractivity contribution in [1.29, 1.82) is 0 Å². The van der Waals surface area contributed by atoms with Crippen LogP contribution in [0.2, 0.25) is 0 Å². The minimum absolute atomic E-state index is 0.150. The van der Waals surface area contributed by atoms with E-state index in [0.29, 0.717) is 6.54 Å². The molecule has 0 aliphatic rings. The minimum Gasteiger partial charge on any atom is -0.409 e. The van der Waals surface area contributed by atoms with E-state index in [9.17, 15) is 4.79 Å². The van der Waals surface area contributed by atoms with Gasteiger partial charge in [-0.2, -0.15) is 11.8 Å². The minimum atomic E-state index is -0.218. The third-order valence-electron chi connectivity index (χ3n) is 2.30. The maximum absolute atomic E-state index is 12.0. The fraction of sp³-hybridized carbons (Fsp3) is 0.400. The number of oxime groups is 1. The Morgan fingerprint density at radius 2 is 2.31 bits per heavy atom. The van der Waals surface area contributed by atoms with Crippen LogP contribution in [0.4, 0.5) is 0 Å². The number of rotatable bonds is 4. The molecule has 6 heteroatoms. The molecular weight excluding hydrogens is 226 g/mol. The highest BCUT2D eigenvalue weighted by molar-refractivity contribution is 7.98. The number of aryl methyl sites for hydroxylation is 1. The van der Waals surface area contributed by atoms with Crippen molar-refractivity contribution in [3.05, 3.63) is 33.7 Å². The summed E-state index contributed by atoms with van der Waals surface area (Å²) < 4.78 is 1.63. The molecule has 0 aromatic carbocycles. The van der Waals surface area contributed by atoms with Crippen molar-refractivity contribution >= 4 is 17.6 Å². The van der Waals surface area contributed by atoms with Gasteiger partial charge in [0.2, 0.25) is 0 Å². The summed E-state index contributed by atoms with van der Waals surface area (Å²) in [7, 11) is 0. The molecule has 1 aromatic heterocycles. The van der Waals surface area contributed by atoms with Crippen LogP contribution in [0.5, 0.6) is 0 Å². The molecule has 0 amide bonds. The number of aromatic nitrogens is 1. The highest BCUT2D eigenvalue weighted by Gasteiger charge is 2.09. The summed E-state index contributed by atoms with van der Waals surface area (Å²) in [6.07, 6.45) is 1.98. The predicted octanol–water partition coefficient (Wildman–Crippen LogP) is 0.614. The molecule has 88 valence electrons. The van der Waals surface area contributed by atoms with E-state index in [1.807, 2.05) is 13.2 Å². The lowest BCUT2D eigenvalue weighted by Crippen LogP contribution is -2.31. The lowest BCUT2D eigenvalue weighted by atomic mass is 10.2. The van der Waals surface area contributed by atoms with Crippen LogP contribution in [0.25, 0.3) is 0 Å². The molecule has 3 N–H and O–H groups in total. The van der Waals surface area contributed by atoms with Crippen molar-refractivity contribution in [2.75, 3.05) is 12.0 Å². The van der Waals surface area contributed by atoms with Crippen molar-refractivity contribution in [2.24, 2.45) is 10.9 Å². The van der Waals surface area contributed by atoms with E-state index in [-0.39, 0.29) is 17.0 Å². The lowest BCUT2D eigenvalue weighted by Gasteiger charge is -2.10. The highest BCUT2D eigenvalue weighted by Crippen LogP contribution is 2.01. The Labute approximate surface area is 98.0 Å². The molecule has 0 saturated carbocycles. The van der Waals surface area contributed by atoms with Gasteiger partial charge in [-0.05, 0) is 25.3 Å². The molecule has 0 fully saturated rings. The van der Waals surface area contributed by atoms with E-state index in [1.54, 1.807) is 28.5 Å². The van der Waals surface area contributed by atoms with Gasteiger partial charge in [0.15, 0.2) is 5.84 Å². The molecule has 16 heavy (non-hydrogen) atoms. The van der Waals surface area contributed by atoms with Gasteiger partial charge in [0.25, 0.3) is 5.56 Å². The summed E-state index contributed by atoms with van der Waals surface area (Å²) in [6.45, 7) is 2.48. The average Bonchev–Trinajstić information content (AvgIpc) is 2.28. The van der Waals surface area contributed by atoms with Crippen molar-refractivity contribution in [2.45, 2.75) is 13.5 Å². The summed E-state index contributed by atoms with van der Waals surface area (Å²) in [5, 5.41) is 11.4. The van der Waals surface area contributed by atoms with Gasteiger partial charge < -0.3 is 15.5 Å². The van der Waals surface area contributed by atoms with Crippen LogP contribution in [0, 0.1) is 6.92 Å². The van der Waals surface area contributed by atoms with E-state index >= 15 is 0 Å². The summed E-state index contributed by atoms with van der Waals surface area (Å²) in [5.74, 6) is 0.698. The molecular formula is C10H15N3O2S. The first-order valence-electron chi connectivity index (χ1n) is 4.79. The quantitative estimate of drug-likeness (QED) is 0.350. The van der Waals surface area contributed by atoms with Crippen LogP contribution < -0.4 is 11.3 Å². The fourth-order valence-corrected chi connectivity index (χ4v) is 1.75. The molecule has 0 bridgehead atoms. The summed E-state index contributed by atoms with van der Waals surface area (Å²) in [4.78, 5) is 12.0. The molecule has 0 atom stereocenters. The molecule has 0 radical (unpaired) electrons. The average molecular weight is 241 g/mol. The normalized spacial score (nSPS) is 11.8. The second-order valence-corrected chi connectivity index (χ2v) is 4.31. The largest absolute Gasteiger partial charge is 0.409 e. The zero-order valence-electron chi connectivity index (χ0n) is 9.30. The number of thioether (sulfide) groups is 1. The maximum Gasteiger partial charge on any atom is 0.261 e. The topological polar surface area (TPSA) is 80.6 Å². The number of amidine groups is 1. The Morgan fingerprint density at radius 1 is 1.62 bits per heavy atom. The molecule has 5 nitrogen and oxygen atoms in total. The monoisotopic (exact) mass is 241 g/mol. The molecule has 0 aliphatic heterocycles. The van der Waals surface area contributed by atoms with E-state index in [0.717, 1.165) is 11.4 Å². The van der Waals surface area contributed by atoms with Gasteiger partial charge in [0.1, 0.15) is 0 Å². The summed E-state index contributed by atoms with van der Waals surface area (Å²) in [6, 6.07) is 3.36. The smallest absolute Gasteiger partial charge is 0.261 e. The number of nitrogens with two attached hydrogens (primary N) is 1. The van der Waals surface area contributed by atoms with Gasteiger partial charge in [-0.15, -0.1) is 0 Å². The van der Waals surface area contributed by atoms with Crippen LogP contribution in [-0.2, 0) is 6.54 Å². The third-order valence-corrected chi connectivity index (χ3v) is 2.89. The van der Waals surface area contributed by atoms with Gasteiger partial charge in [-0.25, -0.2) is 0 Å². The van der Waals surface area contributed by atoms with Gasteiger partial charge in [-0.1, -0.05) is 5.16 Å². The van der Waals surface area contributed by atoms with E-state index in [2.05, 4.69) is 5.16 Å². The van der Waals surface area contributed by atoms with Crippen LogP contribution >= 0.6 is 11.8 Å². The molecule has 0 unspecified atom stereocenters. The first kappa shape index (κ1) is 12.6. The second kappa shape index (κ2) is 5.60. The SMILES string of the molecule is CSCCn1c(C)ccc(/C(N)=N/O)c1=O. The Bertz CT molecular complexity index is 454. The number of hydrogen-bond acceptors (Lipinski definition) is 4. The summed E-state index contributed by atoms with van der Waals surface area (Å²) >= 11 is 1.66. The zero-order valence-corrected chi connectivity index (χ0v) is 10.1. The van der Waals surface area contributed by atoms with Crippen LogP contribution in [-0.4, -0.2) is 27.6 Å². The van der Waals surface area contributed by atoms with E-state index in [1.165, 1.54) is 0 Å². The fourth-order valence-electron chi connectivity index (χ4n) is 1.38. The molecule has 1 heterocycles. The van der Waals surface area contributed by atoms with Crippen molar-refractivity contribution in [1.82, 2.24) is 4.57 Å². The predicted molar refractivity (Wildman–Crippen MR) is 66.3 cm³/mol. The first-order valence-corrected chi connectivity index (χ1v) is 6.18. The Kier molecular flexibility index (Phi) is 4.42. The molecule has 0 saturated heterocycles. The standard InChI is InChI=1S/C10H15N3O2S/c1-7-3-4-8(9(11)12-15)10(14)13(7)5-6-16-2/h3-4,15H,5-6H2,1-2H3,(H2,11,12). The maximum atomic E-state index is 12.0. The lowest BCUT2D eigenvalue weighted by molar-refractivity contribution is 0.318. The van der Waals surface area contributed by atoms with E-state index < -0.39 is 0 Å². The molecule has 0 aliphatic carbocycles. The van der Waals surface area contributed by atoms with Gasteiger partial charge in [0, 0.05) is 18.0 Å². The summed E-state index contributed by atoms with van der Waals surface area (Å²) in [5.41, 5.74) is 6.31. The first-order chi connectivity index (χ1) is 7.61. The van der Waals surface area contributed by atoms with Crippen molar-refractivity contribution in [3.63, 3.8) is 0 Å². The molecule has 1 rings (SSSR count). The number of pyridine rings is 1. The van der Waals surface area contributed by atoms with Crippen LogP contribution in [0.3, 0.4) is 0 Å². The van der Waals surface area contributed by atoms with Gasteiger partial charge >= 0.3 is 0 Å². The van der Waals surface area contributed by atoms with Crippen LogP contribution in [0.15, 0.2) is 22.1 Å². The van der Waals surface area contributed by atoms with Gasteiger partial charge in [0.05, 0.1) is 5.56 Å². The highest BCUT2D eigenvalue weighted by atomic mass is 32.2. The van der Waals surface area contributed by atoms with Crippen molar-refractivity contribution < 1.29 is 5.21 Å². The van der Waals surface area contributed by atoms with E-state index in [4.69, 9.17) is 10.9 Å². The van der Waals surface area contributed by atoms with Crippen molar-refractivity contribution in [3.8, 4) is 0 Å². The van der Waals surface area contributed by atoms with Crippen LogP contribution in [0.1, 0.15) is 11.3 Å². The zero-order chi connectivity index (χ0) is 12.1. The Morgan fingerprint density at radius 3 is 2.88 bits per heavy atom.